The Kier molecular flexibility index (Phi) is 8.41. The van der Waals surface area contributed by atoms with Crippen molar-refractivity contribution in [1.82, 2.24) is 14.5 Å². The molecule has 0 radical (unpaired) electrons. The lowest BCUT2D eigenvalue weighted by Gasteiger charge is -2.38. The summed E-state index contributed by atoms with van der Waals surface area (Å²) >= 11 is 0. The van der Waals surface area contributed by atoms with Crippen molar-refractivity contribution in [1.29, 1.82) is 0 Å². The van der Waals surface area contributed by atoms with Gasteiger partial charge in [-0.15, -0.1) is 0 Å². The molecule has 188 valence electrons. The molecule has 2 aliphatic heterocycles. The summed E-state index contributed by atoms with van der Waals surface area (Å²) in [6.45, 7) is 2.43. The van der Waals surface area contributed by atoms with E-state index in [0.29, 0.717) is 45.6 Å². The molecule has 2 heterocycles. The zero-order chi connectivity index (χ0) is 24.7. The maximum atomic E-state index is 13.2. The summed E-state index contributed by atoms with van der Waals surface area (Å²) in [4.78, 5) is 29.7. The summed E-state index contributed by atoms with van der Waals surface area (Å²) in [6.07, 6.45) is 3.00. The molecule has 0 spiro atoms. The Morgan fingerprint density at radius 2 is 1.54 bits per heavy atom. The molecule has 9 heteroatoms. The summed E-state index contributed by atoms with van der Waals surface area (Å²) in [7, 11) is -3.57. The van der Waals surface area contributed by atoms with Crippen LogP contribution >= 0.6 is 0 Å². The number of amides is 2. The minimum atomic E-state index is -3.57. The van der Waals surface area contributed by atoms with Crippen molar-refractivity contribution in [3.63, 3.8) is 0 Å². The van der Waals surface area contributed by atoms with Crippen LogP contribution in [0.2, 0.25) is 0 Å². The van der Waals surface area contributed by atoms with Crippen molar-refractivity contribution >= 4 is 21.8 Å². The first-order valence-electron chi connectivity index (χ1n) is 12.2. The van der Waals surface area contributed by atoms with Gasteiger partial charge in [-0.05, 0) is 49.9 Å². The number of piperidine rings is 2. The highest BCUT2D eigenvalue weighted by Crippen LogP contribution is 2.23. The molecule has 35 heavy (non-hydrogen) atoms. The van der Waals surface area contributed by atoms with E-state index in [1.54, 1.807) is 35.2 Å². The van der Waals surface area contributed by atoms with Gasteiger partial charge in [0.25, 0.3) is 0 Å². The van der Waals surface area contributed by atoms with E-state index in [9.17, 15) is 18.0 Å². The van der Waals surface area contributed by atoms with Gasteiger partial charge in [-0.1, -0.05) is 36.4 Å². The number of likely N-dealkylation sites (tertiary alicyclic amines) is 2. The smallest absolute Gasteiger partial charge is 0.240 e. The number of ether oxygens (including phenoxy) is 1. The quantitative estimate of drug-likeness (QED) is 0.603. The first-order valence-corrected chi connectivity index (χ1v) is 13.7. The van der Waals surface area contributed by atoms with Gasteiger partial charge in [0.1, 0.15) is 5.75 Å². The van der Waals surface area contributed by atoms with Crippen LogP contribution < -0.4 is 9.46 Å². The van der Waals surface area contributed by atoms with Crippen LogP contribution in [-0.4, -0.2) is 68.9 Å². The van der Waals surface area contributed by atoms with E-state index >= 15 is 0 Å². The van der Waals surface area contributed by atoms with Crippen LogP contribution in [0.3, 0.4) is 0 Å². The standard InChI is InChI=1S/C26H33N3O5S/c30-25(15-19-34-23-9-3-1-4-10-23)29-16-7-8-21(20-29)26(31)28-17-13-22(14-18-28)27-35(32,33)24-11-5-2-6-12-24/h1-6,9-12,21-22,27H,7-8,13-20H2. The molecule has 4 rings (SSSR count). The van der Waals surface area contributed by atoms with Gasteiger partial charge in [0.2, 0.25) is 21.8 Å². The number of nitrogens with zero attached hydrogens (tertiary/aromatic N) is 2. The minimum Gasteiger partial charge on any atom is -0.493 e. The van der Waals surface area contributed by atoms with E-state index < -0.39 is 10.0 Å². The first kappa shape index (κ1) is 25.2. The number of rotatable bonds is 8. The second-order valence-corrected chi connectivity index (χ2v) is 10.8. The number of nitrogens with one attached hydrogen (secondary N) is 1. The lowest BCUT2D eigenvalue weighted by molar-refractivity contribution is -0.141. The molecule has 0 saturated carbocycles. The highest BCUT2D eigenvalue weighted by Gasteiger charge is 2.33. The second-order valence-electron chi connectivity index (χ2n) is 9.12. The molecular formula is C26H33N3O5S. The number of hydrogen-bond acceptors (Lipinski definition) is 5. The average Bonchev–Trinajstić information content (AvgIpc) is 2.90. The van der Waals surface area contributed by atoms with Gasteiger partial charge in [0.15, 0.2) is 0 Å². The second kappa shape index (κ2) is 11.7. The van der Waals surface area contributed by atoms with Gasteiger partial charge in [-0.3, -0.25) is 9.59 Å². The summed E-state index contributed by atoms with van der Waals surface area (Å²) in [5.41, 5.74) is 0. The number of sulfonamides is 1. The third kappa shape index (κ3) is 6.82. The Labute approximate surface area is 207 Å². The highest BCUT2D eigenvalue weighted by atomic mass is 32.2. The van der Waals surface area contributed by atoms with Gasteiger partial charge in [-0.2, -0.15) is 0 Å². The van der Waals surface area contributed by atoms with Crippen molar-refractivity contribution in [3.05, 3.63) is 60.7 Å². The third-order valence-electron chi connectivity index (χ3n) is 6.63. The molecule has 0 bridgehead atoms. The number of carbonyl (C=O) groups is 2. The van der Waals surface area contributed by atoms with E-state index in [0.717, 1.165) is 18.6 Å². The summed E-state index contributed by atoms with van der Waals surface area (Å²) in [5, 5.41) is 0. The predicted octanol–water partition coefficient (Wildman–Crippen LogP) is 2.66. The van der Waals surface area contributed by atoms with E-state index in [2.05, 4.69) is 4.72 Å². The molecule has 2 fully saturated rings. The summed E-state index contributed by atoms with van der Waals surface area (Å²) in [5.74, 6) is 0.599. The first-order chi connectivity index (χ1) is 16.9. The lowest BCUT2D eigenvalue weighted by atomic mass is 9.94. The van der Waals surface area contributed by atoms with Gasteiger partial charge >= 0.3 is 0 Å². The largest absolute Gasteiger partial charge is 0.493 e. The Balaban J connectivity index is 1.22. The van der Waals surface area contributed by atoms with Gasteiger partial charge in [0.05, 0.1) is 23.8 Å². The molecule has 0 aromatic heterocycles. The van der Waals surface area contributed by atoms with Crippen molar-refractivity contribution in [2.75, 3.05) is 32.8 Å². The fourth-order valence-corrected chi connectivity index (χ4v) is 6.03. The molecular weight excluding hydrogens is 466 g/mol. The molecule has 2 aliphatic rings. The van der Waals surface area contributed by atoms with E-state index in [4.69, 9.17) is 4.74 Å². The number of carbonyl (C=O) groups excluding carboxylic acids is 2. The molecule has 2 aromatic carbocycles. The predicted molar refractivity (Wildman–Crippen MR) is 132 cm³/mol. The molecule has 2 aromatic rings. The minimum absolute atomic E-state index is 0.00691. The van der Waals surface area contributed by atoms with Crippen LogP contribution in [0.5, 0.6) is 5.75 Å². The van der Waals surface area contributed by atoms with Gasteiger partial charge < -0.3 is 14.5 Å². The zero-order valence-electron chi connectivity index (χ0n) is 19.8. The van der Waals surface area contributed by atoms with Crippen LogP contribution in [0, 0.1) is 5.92 Å². The van der Waals surface area contributed by atoms with E-state index in [1.165, 1.54) is 0 Å². The number of para-hydroxylation sites is 1. The topological polar surface area (TPSA) is 96.0 Å². The van der Waals surface area contributed by atoms with Crippen LogP contribution in [0.25, 0.3) is 0 Å². The van der Waals surface area contributed by atoms with E-state index in [1.807, 2.05) is 35.2 Å². The van der Waals surface area contributed by atoms with Crippen LogP contribution in [0.4, 0.5) is 0 Å². The number of hydrogen-bond donors (Lipinski definition) is 1. The van der Waals surface area contributed by atoms with Crippen LogP contribution in [0.15, 0.2) is 65.6 Å². The van der Waals surface area contributed by atoms with Gasteiger partial charge in [0, 0.05) is 32.2 Å². The Morgan fingerprint density at radius 3 is 2.23 bits per heavy atom. The zero-order valence-corrected chi connectivity index (χ0v) is 20.7. The molecule has 0 aliphatic carbocycles. The fourth-order valence-electron chi connectivity index (χ4n) is 4.70. The fraction of sp³-hybridized carbons (Fsp3) is 0.462. The lowest BCUT2D eigenvalue weighted by Crippen LogP contribution is -2.51. The molecule has 1 unspecified atom stereocenters. The highest BCUT2D eigenvalue weighted by molar-refractivity contribution is 7.89. The SMILES string of the molecule is O=C(CCOc1ccccc1)N1CCCC(C(=O)N2CCC(NS(=O)(=O)c3ccccc3)CC2)C1. The average molecular weight is 500 g/mol. The monoisotopic (exact) mass is 499 g/mol. The molecule has 1 atom stereocenters. The van der Waals surface area contributed by atoms with Gasteiger partial charge in [-0.25, -0.2) is 13.1 Å². The molecule has 8 nitrogen and oxygen atoms in total. The Bertz CT molecular complexity index is 1090. The Morgan fingerprint density at radius 1 is 0.886 bits per heavy atom. The van der Waals surface area contributed by atoms with Crippen LogP contribution in [-0.2, 0) is 19.6 Å². The van der Waals surface area contributed by atoms with Crippen molar-refractivity contribution in [2.45, 2.75) is 43.0 Å². The van der Waals surface area contributed by atoms with Crippen LogP contribution in [0.1, 0.15) is 32.1 Å². The van der Waals surface area contributed by atoms with Crippen molar-refractivity contribution in [2.24, 2.45) is 5.92 Å². The van der Waals surface area contributed by atoms with Crippen molar-refractivity contribution < 1.29 is 22.7 Å². The number of benzene rings is 2. The molecule has 2 saturated heterocycles. The Hall–Kier alpha value is -2.91. The maximum Gasteiger partial charge on any atom is 0.240 e. The summed E-state index contributed by atoms with van der Waals surface area (Å²) in [6, 6.07) is 17.5. The summed E-state index contributed by atoms with van der Waals surface area (Å²) < 4.78 is 33.6. The molecule has 2 amide bonds. The third-order valence-corrected chi connectivity index (χ3v) is 8.17. The van der Waals surface area contributed by atoms with E-state index in [-0.39, 0.29) is 35.1 Å². The normalized spacial score (nSPS) is 19.4. The van der Waals surface area contributed by atoms with Crippen molar-refractivity contribution in [3.8, 4) is 5.75 Å². The molecule has 1 N–H and O–H groups in total. The maximum absolute atomic E-state index is 13.2.